The van der Waals surface area contributed by atoms with E-state index in [9.17, 15) is 8.42 Å². The van der Waals surface area contributed by atoms with E-state index >= 15 is 0 Å². The highest BCUT2D eigenvalue weighted by atomic mass is 32.2. The lowest BCUT2D eigenvalue weighted by atomic mass is 10.1. The van der Waals surface area contributed by atoms with Crippen LogP contribution in [0.1, 0.15) is 36.5 Å². The van der Waals surface area contributed by atoms with Crippen molar-refractivity contribution in [1.29, 1.82) is 0 Å². The van der Waals surface area contributed by atoms with Gasteiger partial charge in [-0.15, -0.1) is 0 Å². The number of nitrogens with one attached hydrogen (secondary N) is 1. The van der Waals surface area contributed by atoms with Gasteiger partial charge in [0.2, 0.25) is 5.89 Å². The molecule has 0 bridgehead atoms. The van der Waals surface area contributed by atoms with E-state index in [2.05, 4.69) is 14.9 Å². The van der Waals surface area contributed by atoms with Gasteiger partial charge in [0.05, 0.1) is 0 Å². The fourth-order valence-electron chi connectivity index (χ4n) is 2.73. The van der Waals surface area contributed by atoms with Gasteiger partial charge in [0.25, 0.3) is 10.2 Å². The van der Waals surface area contributed by atoms with Gasteiger partial charge in [-0.05, 0) is 18.4 Å². The molecule has 2 aromatic rings. The van der Waals surface area contributed by atoms with Gasteiger partial charge in [-0.1, -0.05) is 41.9 Å². The highest BCUT2D eigenvalue weighted by Gasteiger charge is 2.23. The topological polar surface area (TPSA) is 88.3 Å². The van der Waals surface area contributed by atoms with Gasteiger partial charge in [-0.25, -0.2) is 4.72 Å². The summed E-state index contributed by atoms with van der Waals surface area (Å²) in [6, 6.07) is 9.89. The Morgan fingerprint density at radius 3 is 2.62 bits per heavy atom. The van der Waals surface area contributed by atoms with Crippen LogP contribution in [-0.2, 0) is 23.1 Å². The maximum Gasteiger partial charge on any atom is 0.279 e. The number of piperidine rings is 1. The molecule has 1 fully saturated rings. The Labute approximate surface area is 142 Å². The van der Waals surface area contributed by atoms with E-state index in [-0.39, 0.29) is 6.54 Å². The number of benzene rings is 1. The molecule has 2 heterocycles. The summed E-state index contributed by atoms with van der Waals surface area (Å²) in [6.45, 7) is 1.44. The molecule has 1 aliphatic rings. The fraction of sp³-hybridized carbons (Fsp3) is 0.500. The molecule has 0 spiro atoms. The molecule has 0 amide bonds. The van der Waals surface area contributed by atoms with Crippen molar-refractivity contribution in [2.24, 2.45) is 0 Å². The molecule has 1 saturated heterocycles. The molecule has 0 aliphatic carbocycles. The van der Waals surface area contributed by atoms with E-state index in [1.807, 2.05) is 30.3 Å². The first kappa shape index (κ1) is 17.1. The van der Waals surface area contributed by atoms with Gasteiger partial charge < -0.3 is 4.52 Å². The van der Waals surface area contributed by atoms with Crippen LogP contribution in [0.3, 0.4) is 0 Å². The molecule has 7 nitrogen and oxygen atoms in total. The molecular weight excluding hydrogens is 328 g/mol. The zero-order valence-electron chi connectivity index (χ0n) is 13.5. The third-order valence-electron chi connectivity index (χ3n) is 3.99. The predicted molar refractivity (Wildman–Crippen MR) is 89.6 cm³/mol. The van der Waals surface area contributed by atoms with Crippen molar-refractivity contribution in [3.63, 3.8) is 0 Å². The summed E-state index contributed by atoms with van der Waals surface area (Å²) >= 11 is 0. The van der Waals surface area contributed by atoms with E-state index in [0.29, 0.717) is 37.6 Å². The number of nitrogens with zero attached hydrogens (tertiary/aromatic N) is 3. The van der Waals surface area contributed by atoms with Gasteiger partial charge in [0.15, 0.2) is 5.82 Å². The second-order valence-corrected chi connectivity index (χ2v) is 7.63. The summed E-state index contributed by atoms with van der Waals surface area (Å²) < 4.78 is 33.6. The van der Waals surface area contributed by atoms with Crippen molar-refractivity contribution >= 4 is 10.2 Å². The van der Waals surface area contributed by atoms with Gasteiger partial charge >= 0.3 is 0 Å². The summed E-state index contributed by atoms with van der Waals surface area (Å²) in [7, 11) is -3.40. The number of hydrogen-bond donors (Lipinski definition) is 1. The van der Waals surface area contributed by atoms with Crippen LogP contribution >= 0.6 is 0 Å². The number of hydrogen-bond acceptors (Lipinski definition) is 5. The average molecular weight is 350 g/mol. The normalized spacial score (nSPS) is 16.3. The molecule has 0 atom stereocenters. The molecule has 1 aromatic carbocycles. The van der Waals surface area contributed by atoms with Gasteiger partial charge in [-0.2, -0.15) is 17.7 Å². The average Bonchev–Trinajstić information content (AvgIpc) is 3.04. The van der Waals surface area contributed by atoms with Crippen LogP contribution in [0.2, 0.25) is 0 Å². The third kappa shape index (κ3) is 4.62. The number of aromatic nitrogens is 2. The van der Waals surface area contributed by atoms with E-state index in [4.69, 9.17) is 4.52 Å². The summed E-state index contributed by atoms with van der Waals surface area (Å²) in [4.78, 5) is 4.31. The summed E-state index contributed by atoms with van der Waals surface area (Å²) in [5, 5.41) is 3.94. The molecular formula is C16H22N4O3S. The van der Waals surface area contributed by atoms with E-state index in [1.54, 1.807) is 0 Å². The van der Waals surface area contributed by atoms with Crippen LogP contribution in [0.5, 0.6) is 0 Å². The van der Waals surface area contributed by atoms with E-state index in [0.717, 1.165) is 24.8 Å². The molecule has 24 heavy (non-hydrogen) atoms. The smallest absolute Gasteiger partial charge is 0.279 e. The molecule has 0 radical (unpaired) electrons. The van der Waals surface area contributed by atoms with Crippen molar-refractivity contribution in [3.05, 3.63) is 47.6 Å². The van der Waals surface area contributed by atoms with Crippen LogP contribution < -0.4 is 4.72 Å². The van der Waals surface area contributed by atoms with Crippen molar-refractivity contribution in [3.8, 4) is 0 Å². The molecule has 8 heteroatoms. The van der Waals surface area contributed by atoms with Gasteiger partial charge in [0, 0.05) is 32.5 Å². The van der Waals surface area contributed by atoms with Crippen molar-refractivity contribution in [2.45, 2.75) is 32.1 Å². The van der Waals surface area contributed by atoms with Crippen LogP contribution in [-0.4, -0.2) is 42.5 Å². The first-order chi connectivity index (χ1) is 11.6. The minimum atomic E-state index is -3.40. The lowest BCUT2D eigenvalue weighted by molar-refractivity contribution is 0.340. The summed E-state index contributed by atoms with van der Waals surface area (Å²) in [6.07, 6.45) is 3.93. The van der Waals surface area contributed by atoms with Crippen LogP contribution in [0.25, 0.3) is 0 Å². The summed E-state index contributed by atoms with van der Waals surface area (Å²) in [5.41, 5.74) is 1.11. The van der Waals surface area contributed by atoms with Gasteiger partial charge in [0.1, 0.15) is 0 Å². The zero-order valence-corrected chi connectivity index (χ0v) is 14.3. The maximum absolute atomic E-state index is 12.2. The Morgan fingerprint density at radius 2 is 1.88 bits per heavy atom. The summed E-state index contributed by atoms with van der Waals surface area (Å²) in [5.74, 6) is 1.05. The zero-order chi connectivity index (χ0) is 16.8. The lowest BCUT2D eigenvalue weighted by Gasteiger charge is -2.25. The minimum Gasteiger partial charge on any atom is -0.339 e. The van der Waals surface area contributed by atoms with E-state index in [1.165, 1.54) is 4.31 Å². The van der Waals surface area contributed by atoms with Gasteiger partial charge in [-0.3, -0.25) is 0 Å². The Kier molecular flexibility index (Phi) is 5.60. The molecule has 130 valence electrons. The van der Waals surface area contributed by atoms with Crippen LogP contribution in [0, 0.1) is 0 Å². The maximum atomic E-state index is 12.2. The number of rotatable bonds is 7. The predicted octanol–water partition coefficient (Wildman–Crippen LogP) is 1.52. The Hall–Kier alpha value is -1.77. The molecule has 3 rings (SSSR count). The third-order valence-corrected chi connectivity index (χ3v) is 5.61. The SMILES string of the molecule is O=S(=O)(NCCc1nc(Cc2ccccc2)no1)N1CCCCC1. The Morgan fingerprint density at radius 1 is 1.12 bits per heavy atom. The van der Waals surface area contributed by atoms with Crippen LogP contribution in [0.4, 0.5) is 0 Å². The van der Waals surface area contributed by atoms with Crippen molar-refractivity contribution in [1.82, 2.24) is 19.2 Å². The van der Waals surface area contributed by atoms with Crippen molar-refractivity contribution in [2.75, 3.05) is 19.6 Å². The molecule has 0 saturated carbocycles. The highest BCUT2D eigenvalue weighted by Crippen LogP contribution is 2.12. The fourth-order valence-corrected chi connectivity index (χ4v) is 4.01. The Balaban J connectivity index is 1.48. The van der Waals surface area contributed by atoms with E-state index < -0.39 is 10.2 Å². The molecule has 0 unspecified atom stereocenters. The second kappa shape index (κ2) is 7.87. The molecule has 1 aromatic heterocycles. The largest absolute Gasteiger partial charge is 0.339 e. The standard InChI is InChI=1S/C16H22N4O3S/c21-24(22,20-11-5-2-6-12-20)17-10-9-16-18-15(19-23-16)13-14-7-3-1-4-8-14/h1,3-4,7-8,17H,2,5-6,9-13H2. The first-order valence-electron chi connectivity index (χ1n) is 8.23. The highest BCUT2D eigenvalue weighted by molar-refractivity contribution is 7.87. The lowest BCUT2D eigenvalue weighted by Crippen LogP contribution is -2.44. The van der Waals surface area contributed by atoms with Crippen LogP contribution in [0.15, 0.2) is 34.9 Å². The quantitative estimate of drug-likeness (QED) is 0.818. The minimum absolute atomic E-state index is 0.256. The molecule has 1 N–H and O–H groups in total. The second-order valence-electron chi connectivity index (χ2n) is 5.88. The van der Waals surface area contributed by atoms with Crippen molar-refractivity contribution < 1.29 is 12.9 Å². The molecule has 1 aliphatic heterocycles. The first-order valence-corrected chi connectivity index (χ1v) is 9.67. The monoisotopic (exact) mass is 350 g/mol. The Bertz CT molecular complexity index is 740.